The highest BCUT2D eigenvalue weighted by atomic mass is 19.2. The second-order valence-corrected chi connectivity index (χ2v) is 4.17. The molecular formula is C14H11F3N2O2. The molecular weight excluding hydrogens is 285 g/mol. The van der Waals surface area contributed by atoms with Gasteiger partial charge in [0.05, 0.1) is 0 Å². The first kappa shape index (κ1) is 14.7. The molecule has 0 heterocycles. The molecule has 2 aromatic rings. The van der Waals surface area contributed by atoms with Gasteiger partial charge in [-0.3, -0.25) is 0 Å². The maximum atomic E-state index is 13.7. The first-order chi connectivity index (χ1) is 10.0. The van der Waals surface area contributed by atoms with Crippen LogP contribution in [0, 0.1) is 17.5 Å². The number of rotatable bonds is 4. The molecule has 0 bridgehead atoms. The van der Waals surface area contributed by atoms with Crippen LogP contribution in [0.2, 0.25) is 0 Å². The maximum absolute atomic E-state index is 13.7. The molecule has 0 aromatic heterocycles. The normalized spacial score (nSPS) is 11.5. The van der Waals surface area contributed by atoms with E-state index in [2.05, 4.69) is 5.16 Å². The second kappa shape index (κ2) is 6.17. The number of ether oxygens (including phenoxy) is 1. The summed E-state index contributed by atoms with van der Waals surface area (Å²) in [7, 11) is 0. The van der Waals surface area contributed by atoms with Gasteiger partial charge in [0.15, 0.2) is 29.0 Å². The Balaban J connectivity index is 2.11. The highest BCUT2D eigenvalue weighted by molar-refractivity contribution is 5.97. The largest absolute Gasteiger partial charge is 0.486 e. The third-order valence-electron chi connectivity index (χ3n) is 2.71. The van der Waals surface area contributed by atoms with Crippen LogP contribution in [0.15, 0.2) is 41.6 Å². The predicted octanol–water partition coefficient (Wildman–Crippen LogP) is 2.78. The van der Waals surface area contributed by atoms with Gasteiger partial charge < -0.3 is 15.7 Å². The van der Waals surface area contributed by atoms with E-state index in [-0.39, 0.29) is 23.8 Å². The molecule has 2 rings (SSSR count). The van der Waals surface area contributed by atoms with Crippen molar-refractivity contribution < 1.29 is 23.1 Å². The average molecular weight is 296 g/mol. The van der Waals surface area contributed by atoms with Crippen molar-refractivity contribution >= 4 is 5.84 Å². The van der Waals surface area contributed by atoms with Crippen molar-refractivity contribution in [2.24, 2.45) is 10.9 Å². The van der Waals surface area contributed by atoms with E-state index < -0.39 is 17.5 Å². The molecule has 0 fully saturated rings. The summed E-state index contributed by atoms with van der Waals surface area (Å²) in [6.07, 6.45) is 0. The third kappa shape index (κ3) is 3.44. The molecule has 0 unspecified atom stereocenters. The van der Waals surface area contributed by atoms with E-state index in [0.29, 0.717) is 5.56 Å². The lowest BCUT2D eigenvalue weighted by molar-refractivity contribution is 0.289. The quantitative estimate of drug-likeness (QED) is 0.394. The first-order valence-electron chi connectivity index (χ1n) is 5.85. The fourth-order valence-corrected chi connectivity index (χ4v) is 1.63. The number of nitrogens with zero attached hydrogens (tertiary/aromatic N) is 1. The van der Waals surface area contributed by atoms with Crippen LogP contribution < -0.4 is 10.5 Å². The van der Waals surface area contributed by atoms with Gasteiger partial charge in [-0.15, -0.1) is 0 Å². The van der Waals surface area contributed by atoms with Crippen LogP contribution in [-0.2, 0) is 6.61 Å². The minimum atomic E-state index is -1.00. The number of amidine groups is 1. The molecule has 7 heteroatoms. The number of hydrogen-bond acceptors (Lipinski definition) is 3. The van der Waals surface area contributed by atoms with Gasteiger partial charge >= 0.3 is 0 Å². The van der Waals surface area contributed by atoms with Crippen molar-refractivity contribution in [3.05, 3.63) is 65.0 Å². The number of nitrogens with two attached hydrogens (primary N) is 1. The van der Waals surface area contributed by atoms with Gasteiger partial charge in [-0.1, -0.05) is 11.2 Å². The van der Waals surface area contributed by atoms with Crippen LogP contribution in [0.3, 0.4) is 0 Å². The highest BCUT2D eigenvalue weighted by Gasteiger charge is 2.09. The maximum Gasteiger partial charge on any atom is 0.170 e. The summed E-state index contributed by atoms with van der Waals surface area (Å²) in [4.78, 5) is 0. The fourth-order valence-electron chi connectivity index (χ4n) is 1.63. The van der Waals surface area contributed by atoms with Crippen molar-refractivity contribution in [3.8, 4) is 5.75 Å². The Morgan fingerprint density at radius 2 is 1.81 bits per heavy atom. The molecule has 3 N–H and O–H groups in total. The van der Waals surface area contributed by atoms with Gasteiger partial charge in [-0.25, -0.2) is 13.2 Å². The van der Waals surface area contributed by atoms with Crippen LogP contribution in [-0.4, -0.2) is 11.0 Å². The summed E-state index contributed by atoms with van der Waals surface area (Å²) in [5.41, 5.74) is 5.87. The monoisotopic (exact) mass is 296 g/mol. The lowest BCUT2D eigenvalue weighted by atomic mass is 10.2. The molecule has 0 radical (unpaired) electrons. The second-order valence-electron chi connectivity index (χ2n) is 4.17. The Morgan fingerprint density at radius 1 is 1.05 bits per heavy atom. The SMILES string of the molecule is N/C(=N/O)c1ccc(OCc2ccc(F)c(F)c2)c(F)c1. The van der Waals surface area contributed by atoms with Crippen molar-refractivity contribution in [3.63, 3.8) is 0 Å². The Hall–Kier alpha value is -2.70. The number of hydrogen-bond donors (Lipinski definition) is 2. The number of benzene rings is 2. The summed E-state index contributed by atoms with van der Waals surface area (Å²) < 4.78 is 44.7. The van der Waals surface area contributed by atoms with Crippen LogP contribution in [0.25, 0.3) is 0 Å². The summed E-state index contributed by atoms with van der Waals surface area (Å²) in [5.74, 6) is -3.01. The van der Waals surface area contributed by atoms with E-state index in [0.717, 1.165) is 18.2 Å². The van der Waals surface area contributed by atoms with E-state index >= 15 is 0 Å². The van der Waals surface area contributed by atoms with Crippen LogP contribution >= 0.6 is 0 Å². The Kier molecular flexibility index (Phi) is 4.32. The van der Waals surface area contributed by atoms with Crippen molar-refractivity contribution in [1.29, 1.82) is 0 Å². The number of halogens is 3. The molecule has 0 aliphatic carbocycles. The predicted molar refractivity (Wildman–Crippen MR) is 69.6 cm³/mol. The zero-order chi connectivity index (χ0) is 15.4. The van der Waals surface area contributed by atoms with Crippen molar-refractivity contribution in [1.82, 2.24) is 0 Å². The average Bonchev–Trinajstić information content (AvgIpc) is 2.48. The number of oxime groups is 1. The Morgan fingerprint density at radius 3 is 2.43 bits per heavy atom. The molecule has 0 aliphatic heterocycles. The van der Waals surface area contributed by atoms with Crippen LogP contribution in [0.5, 0.6) is 5.75 Å². The molecule has 4 nitrogen and oxygen atoms in total. The highest BCUT2D eigenvalue weighted by Crippen LogP contribution is 2.20. The summed E-state index contributed by atoms with van der Waals surface area (Å²) >= 11 is 0. The lowest BCUT2D eigenvalue weighted by Gasteiger charge is -2.08. The Labute approximate surface area is 118 Å². The van der Waals surface area contributed by atoms with E-state index in [9.17, 15) is 13.2 Å². The van der Waals surface area contributed by atoms with Gasteiger partial charge in [0, 0.05) is 5.56 Å². The minimum Gasteiger partial charge on any atom is -0.486 e. The van der Waals surface area contributed by atoms with Gasteiger partial charge in [-0.05, 0) is 35.9 Å². The topological polar surface area (TPSA) is 67.8 Å². The van der Waals surface area contributed by atoms with Crippen molar-refractivity contribution in [2.45, 2.75) is 6.61 Å². The summed E-state index contributed by atoms with van der Waals surface area (Å²) in [6.45, 7) is -0.128. The molecule has 2 aromatic carbocycles. The van der Waals surface area contributed by atoms with Gasteiger partial charge in [0.25, 0.3) is 0 Å². The van der Waals surface area contributed by atoms with Crippen molar-refractivity contribution in [2.75, 3.05) is 0 Å². The van der Waals surface area contributed by atoms with Gasteiger partial charge in [0.2, 0.25) is 0 Å². The smallest absolute Gasteiger partial charge is 0.170 e. The fraction of sp³-hybridized carbons (Fsp3) is 0.0714. The zero-order valence-corrected chi connectivity index (χ0v) is 10.7. The molecule has 0 amide bonds. The molecule has 21 heavy (non-hydrogen) atoms. The first-order valence-corrected chi connectivity index (χ1v) is 5.85. The van der Waals surface area contributed by atoms with Crippen LogP contribution in [0.4, 0.5) is 13.2 Å². The minimum absolute atomic E-state index is 0.0887. The molecule has 0 spiro atoms. The van der Waals surface area contributed by atoms with Gasteiger partial charge in [0.1, 0.15) is 6.61 Å². The van der Waals surface area contributed by atoms with E-state index in [4.69, 9.17) is 15.7 Å². The molecule has 0 atom stereocenters. The van der Waals surface area contributed by atoms with E-state index in [1.54, 1.807) is 0 Å². The zero-order valence-electron chi connectivity index (χ0n) is 10.7. The standard InChI is InChI=1S/C14H11F3N2O2/c15-10-3-1-8(5-11(10)16)7-21-13-4-2-9(6-12(13)17)14(18)19-20/h1-6,20H,7H2,(H2,18,19). The lowest BCUT2D eigenvalue weighted by Crippen LogP contribution is -2.13. The van der Waals surface area contributed by atoms with E-state index in [1.807, 2.05) is 0 Å². The molecule has 110 valence electrons. The summed E-state index contributed by atoms with van der Waals surface area (Å²) in [5, 5.41) is 11.2. The van der Waals surface area contributed by atoms with Gasteiger partial charge in [-0.2, -0.15) is 0 Å². The molecule has 0 saturated carbocycles. The molecule has 0 aliphatic rings. The molecule has 0 saturated heterocycles. The Bertz CT molecular complexity index is 690. The summed E-state index contributed by atoms with van der Waals surface area (Å²) in [6, 6.07) is 7.00. The van der Waals surface area contributed by atoms with Crippen LogP contribution in [0.1, 0.15) is 11.1 Å². The third-order valence-corrected chi connectivity index (χ3v) is 2.71. The van der Waals surface area contributed by atoms with E-state index in [1.165, 1.54) is 18.2 Å².